The van der Waals surface area contributed by atoms with Crippen molar-refractivity contribution in [2.75, 3.05) is 0 Å². The number of nitrogens with two attached hydrogens (primary N) is 1. The van der Waals surface area contributed by atoms with Gasteiger partial charge in [-0.1, -0.05) is 6.92 Å². The highest BCUT2D eigenvalue weighted by Crippen LogP contribution is 2.30. The molecule has 78 valence electrons. The van der Waals surface area contributed by atoms with Gasteiger partial charge >= 0.3 is 0 Å². The summed E-state index contributed by atoms with van der Waals surface area (Å²) in [6.07, 6.45) is 6.74. The average molecular weight is 210 g/mol. The quantitative estimate of drug-likeness (QED) is 0.814. The largest absolute Gasteiger partial charge is 0.327 e. The molecule has 0 bridgehead atoms. The molecule has 1 aromatic rings. The molecule has 1 heterocycles. The van der Waals surface area contributed by atoms with E-state index in [9.17, 15) is 0 Å². The molecule has 0 aromatic carbocycles. The van der Waals surface area contributed by atoms with Gasteiger partial charge in [-0.05, 0) is 31.1 Å². The topological polar surface area (TPSA) is 38.9 Å². The lowest BCUT2D eigenvalue weighted by Crippen LogP contribution is -2.36. The number of nitrogens with zero attached hydrogens (tertiary/aromatic N) is 1. The summed E-state index contributed by atoms with van der Waals surface area (Å²) in [5.74, 6) is 1.50. The third kappa shape index (κ3) is 2.34. The third-order valence-corrected chi connectivity index (χ3v) is 4.03. The Hall–Kier alpha value is -0.410. The fraction of sp³-hybridized carbons (Fsp3) is 0.727. The molecule has 1 aliphatic carbocycles. The predicted molar refractivity (Wildman–Crippen MR) is 60.3 cm³/mol. The van der Waals surface area contributed by atoms with Gasteiger partial charge in [0.25, 0.3) is 0 Å². The summed E-state index contributed by atoms with van der Waals surface area (Å²) in [7, 11) is 0. The van der Waals surface area contributed by atoms with Crippen molar-refractivity contribution in [3.8, 4) is 0 Å². The van der Waals surface area contributed by atoms with Crippen molar-refractivity contribution < 1.29 is 0 Å². The Kier molecular flexibility index (Phi) is 3.19. The summed E-state index contributed by atoms with van der Waals surface area (Å²) in [6, 6.07) is 0.398. The van der Waals surface area contributed by atoms with Crippen molar-refractivity contribution >= 4 is 11.3 Å². The maximum absolute atomic E-state index is 6.13. The lowest BCUT2D eigenvalue weighted by Gasteiger charge is -2.31. The van der Waals surface area contributed by atoms with Crippen LogP contribution in [-0.4, -0.2) is 11.0 Å². The van der Waals surface area contributed by atoms with Crippen LogP contribution in [0.4, 0.5) is 0 Å². The second-order valence-electron chi connectivity index (χ2n) is 4.47. The predicted octanol–water partition coefficient (Wildman–Crippen LogP) is 2.45. The smallest absolute Gasteiger partial charge is 0.0928 e. The zero-order valence-corrected chi connectivity index (χ0v) is 9.46. The highest BCUT2D eigenvalue weighted by molar-refractivity contribution is 7.09. The van der Waals surface area contributed by atoms with Crippen LogP contribution in [0.25, 0.3) is 0 Å². The van der Waals surface area contributed by atoms with Gasteiger partial charge in [0.15, 0.2) is 0 Å². The first-order valence-electron chi connectivity index (χ1n) is 5.39. The Morgan fingerprint density at radius 1 is 1.57 bits per heavy atom. The van der Waals surface area contributed by atoms with Crippen molar-refractivity contribution in [2.45, 2.75) is 38.6 Å². The molecule has 1 aromatic heterocycles. The molecule has 1 saturated carbocycles. The number of aromatic nitrogens is 1. The minimum Gasteiger partial charge on any atom is -0.327 e. The van der Waals surface area contributed by atoms with E-state index in [4.69, 9.17) is 5.73 Å². The van der Waals surface area contributed by atoms with Crippen molar-refractivity contribution in [1.82, 2.24) is 4.98 Å². The highest BCUT2D eigenvalue weighted by atomic mass is 32.1. The molecule has 3 atom stereocenters. The molecule has 1 aliphatic rings. The minimum absolute atomic E-state index is 0.398. The minimum atomic E-state index is 0.398. The Balaban J connectivity index is 1.95. The van der Waals surface area contributed by atoms with Gasteiger partial charge in [0.05, 0.1) is 5.01 Å². The second kappa shape index (κ2) is 4.41. The number of hydrogen-bond acceptors (Lipinski definition) is 3. The van der Waals surface area contributed by atoms with Gasteiger partial charge in [0, 0.05) is 24.0 Å². The number of rotatable bonds is 2. The van der Waals surface area contributed by atoms with Crippen LogP contribution in [0.3, 0.4) is 0 Å². The zero-order valence-electron chi connectivity index (χ0n) is 8.65. The molecule has 0 aliphatic heterocycles. The van der Waals surface area contributed by atoms with E-state index in [1.54, 1.807) is 11.3 Å². The fourth-order valence-corrected chi connectivity index (χ4v) is 3.05. The van der Waals surface area contributed by atoms with E-state index in [1.807, 2.05) is 11.6 Å². The van der Waals surface area contributed by atoms with Gasteiger partial charge in [0.2, 0.25) is 0 Å². The van der Waals surface area contributed by atoms with E-state index in [2.05, 4.69) is 11.9 Å². The molecule has 3 heteroatoms. The van der Waals surface area contributed by atoms with Crippen molar-refractivity contribution in [3.63, 3.8) is 0 Å². The maximum atomic E-state index is 6.13. The van der Waals surface area contributed by atoms with Gasteiger partial charge in [-0.25, -0.2) is 4.98 Å². The zero-order chi connectivity index (χ0) is 9.97. The van der Waals surface area contributed by atoms with Crippen molar-refractivity contribution in [3.05, 3.63) is 16.6 Å². The van der Waals surface area contributed by atoms with E-state index >= 15 is 0 Å². The third-order valence-electron chi connectivity index (χ3n) is 3.22. The maximum Gasteiger partial charge on any atom is 0.0928 e. The Bertz CT molecular complexity index is 271. The fourth-order valence-electron chi connectivity index (χ4n) is 2.33. The normalized spacial score (nSPS) is 33.1. The monoisotopic (exact) mass is 210 g/mol. The Morgan fingerprint density at radius 2 is 2.43 bits per heavy atom. The van der Waals surface area contributed by atoms with Crippen LogP contribution in [0.5, 0.6) is 0 Å². The van der Waals surface area contributed by atoms with Gasteiger partial charge in [-0.15, -0.1) is 11.3 Å². The molecule has 1 fully saturated rings. The van der Waals surface area contributed by atoms with Crippen molar-refractivity contribution in [2.24, 2.45) is 17.6 Å². The summed E-state index contributed by atoms with van der Waals surface area (Å²) in [4.78, 5) is 4.33. The van der Waals surface area contributed by atoms with Crippen molar-refractivity contribution in [1.29, 1.82) is 0 Å². The van der Waals surface area contributed by atoms with E-state index in [0.29, 0.717) is 12.0 Å². The molecule has 0 spiro atoms. The van der Waals surface area contributed by atoms with Gasteiger partial charge in [-0.2, -0.15) is 0 Å². The molecule has 0 amide bonds. The van der Waals surface area contributed by atoms with E-state index in [-0.39, 0.29) is 0 Å². The highest BCUT2D eigenvalue weighted by Gasteiger charge is 2.26. The van der Waals surface area contributed by atoms with E-state index in [1.165, 1.54) is 24.3 Å². The molecular weight excluding hydrogens is 192 g/mol. The van der Waals surface area contributed by atoms with Crippen LogP contribution >= 0.6 is 11.3 Å². The summed E-state index contributed by atoms with van der Waals surface area (Å²) in [5.41, 5.74) is 6.13. The van der Waals surface area contributed by atoms with E-state index in [0.717, 1.165) is 12.3 Å². The lowest BCUT2D eigenvalue weighted by atomic mass is 9.78. The van der Waals surface area contributed by atoms with Gasteiger partial charge in [0.1, 0.15) is 0 Å². The van der Waals surface area contributed by atoms with Crippen LogP contribution < -0.4 is 5.73 Å². The molecule has 0 radical (unpaired) electrons. The van der Waals surface area contributed by atoms with Crippen LogP contribution in [-0.2, 0) is 6.42 Å². The van der Waals surface area contributed by atoms with Crippen LogP contribution in [0.2, 0.25) is 0 Å². The Labute approximate surface area is 89.5 Å². The SMILES string of the molecule is CC1CCC(N)C(Cc2nccs2)C1. The molecule has 14 heavy (non-hydrogen) atoms. The van der Waals surface area contributed by atoms with Gasteiger partial charge in [-0.3, -0.25) is 0 Å². The average Bonchev–Trinajstić information content (AvgIpc) is 2.64. The molecule has 2 N–H and O–H groups in total. The second-order valence-corrected chi connectivity index (χ2v) is 5.45. The first kappa shape index (κ1) is 10.1. The number of hydrogen-bond donors (Lipinski definition) is 1. The van der Waals surface area contributed by atoms with Gasteiger partial charge < -0.3 is 5.73 Å². The first-order chi connectivity index (χ1) is 6.75. The Morgan fingerprint density at radius 3 is 3.14 bits per heavy atom. The molecule has 3 unspecified atom stereocenters. The van der Waals surface area contributed by atoms with Crippen LogP contribution in [0.1, 0.15) is 31.2 Å². The molecule has 0 saturated heterocycles. The lowest BCUT2D eigenvalue weighted by molar-refractivity contribution is 0.244. The summed E-state index contributed by atoms with van der Waals surface area (Å²) < 4.78 is 0. The molecular formula is C11H18N2S. The summed E-state index contributed by atoms with van der Waals surface area (Å²) in [5, 5.41) is 3.30. The standard InChI is InChI=1S/C11H18N2S/c1-8-2-3-10(12)9(6-8)7-11-13-4-5-14-11/h4-5,8-10H,2-3,6-7,12H2,1H3. The summed E-state index contributed by atoms with van der Waals surface area (Å²) in [6.45, 7) is 2.33. The van der Waals surface area contributed by atoms with Crippen LogP contribution in [0, 0.1) is 11.8 Å². The van der Waals surface area contributed by atoms with E-state index < -0.39 is 0 Å². The number of thiazole rings is 1. The summed E-state index contributed by atoms with van der Waals surface area (Å²) >= 11 is 1.75. The molecule has 2 rings (SSSR count). The molecule has 2 nitrogen and oxygen atoms in total. The van der Waals surface area contributed by atoms with Crippen LogP contribution in [0.15, 0.2) is 11.6 Å². The first-order valence-corrected chi connectivity index (χ1v) is 6.27.